The molecule has 0 aromatic rings. The lowest BCUT2D eigenvalue weighted by Gasteiger charge is -2.18. The molecule has 6 nitrogen and oxygen atoms in total. The molecule has 0 aliphatic rings. The maximum absolute atomic E-state index is 12.9. The minimum absolute atomic E-state index is 0.113. The molecule has 1 atom stereocenters. The van der Waals surface area contributed by atoms with Gasteiger partial charge < -0.3 is 14.2 Å². The summed E-state index contributed by atoms with van der Waals surface area (Å²) >= 11 is 0. The van der Waals surface area contributed by atoms with E-state index >= 15 is 0 Å². The van der Waals surface area contributed by atoms with Gasteiger partial charge in [-0.3, -0.25) is 14.4 Å². The summed E-state index contributed by atoms with van der Waals surface area (Å²) in [6.45, 7) is 6.34. The second-order valence-electron chi connectivity index (χ2n) is 22.3. The Kier molecular flexibility index (Phi) is 65.8. The monoisotopic (exact) mass is 1150 g/mol. The van der Waals surface area contributed by atoms with Crippen molar-refractivity contribution in [2.75, 3.05) is 13.2 Å². The maximum atomic E-state index is 12.9. The lowest BCUT2D eigenvalue weighted by atomic mass is 10.0. The summed E-state index contributed by atoms with van der Waals surface area (Å²) in [5, 5.41) is 0. The molecule has 0 amide bonds. The molecule has 0 heterocycles. The van der Waals surface area contributed by atoms with Crippen LogP contribution in [0.1, 0.15) is 303 Å². The molecule has 0 aliphatic heterocycles. The first-order chi connectivity index (χ1) is 41.0. The van der Waals surface area contributed by atoms with Gasteiger partial charge in [0.1, 0.15) is 13.2 Å². The van der Waals surface area contributed by atoms with Gasteiger partial charge in [0.05, 0.1) is 0 Å². The van der Waals surface area contributed by atoms with Crippen LogP contribution in [0.3, 0.4) is 0 Å². The fraction of sp³-hybridized carbons (Fsp3) is 0.649. The third-order valence-corrected chi connectivity index (χ3v) is 14.3. The molecular weight excluding hydrogens is 1020 g/mol. The van der Waals surface area contributed by atoms with Crippen LogP contribution in [0.15, 0.2) is 146 Å². The Morgan fingerprint density at radius 2 is 0.494 bits per heavy atom. The Labute approximate surface area is 512 Å². The summed E-state index contributed by atoms with van der Waals surface area (Å²) in [6, 6.07) is 0. The molecular formula is C77H126O6. The SMILES string of the molecule is CC/C=C\C/C=C\C/C=C\C/C=C\C/C=C\C/C=C\CCC(=O)OC(COC(=O)CCCCCCCCCCC/C=C\C/C=C\CCCCC)COC(=O)CCCCCCCCCCCCCCCC/C=C\C/C=C\C/C=C\C/C=C\CC. The molecule has 0 aromatic heterocycles. The molecule has 0 spiro atoms. The van der Waals surface area contributed by atoms with E-state index in [2.05, 4.69) is 161 Å². The van der Waals surface area contributed by atoms with Crippen LogP contribution in [-0.2, 0) is 28.6 Å². The number of carbonyl (C=O) groups is 3. The number of unbranched alkanes of at least 4 members (excludes halogenated alkanes) is 26. The van der Waals surface area contributed by atoms with Gasteiger partial charge in [-0.2, -0.15) is 0 Å². The molecule has 0 bridgehead atoms. The lowest BCUT2D eigenvalue weighted by Crippen LogP contribution is -2.30. The smallest absolute Gasteiger partial charge is 0.306 e. The third-order valence-electron chi connectivity index (χ3n) is 14.3. The zero-order valence-corrected chi connectivity index (χ0v) is 53.9. The molecule has 1 unspecified atom stereocenters. The van der Waals surface area contributed by atoms with Gasteiger partial charge in [-0.15, -0.1) is 0 Å². The average Bonchev–Trinajstić information content (AvgIpc) is 3.50. The molecule has 0 radical (unpaired) electrons. The fourth-order valence-electron chi connectivity index (χ4n) is 9.26. The Hall–Kier alpha value is -4.71. The van der Waals surface area contributed by atoms with E-state index in [0.717, 1.165) is 109 Å². The Balaban J connectivity index is 4.43. The standard InChI is InChI=1S/C77H126O6/c1-4-7-10-13-16-19-22-25-28-31-34-35-36-37-38-39-40-41-44-46-49-52-55-58-61-64-67-70-76(79)82-73-74(83-77(80)71-68-65-62-59-56-53-50-47-43-33-30-27-24-21-18-15-12-9-6-3)72-81-75(78)69-66-63-60-57-54-51-48-45-42-32-29-26-23-20-17-14-11-8-5-2/h7,9-10,12,16-21,25-30,34-35,43,47,53,56,62,65,74H,4-6,8,11,13-15,22-24,31-33,36-42,44-46,48-52,54-55,57-61,63-64,66-73H2,1-3H3/b10-7-,12-9-,19-16-,20-17-,21-18-,28-25-,29-26-,30-27-,35-34-,47-43-,56-53-,65-62-. The minimum Gasteiger partial charge on any atom is -0.462 e. The second-order valence-corrected chi connectivity index (χ2v) is 22.3. The zero-order chi connectivity index (χ0) is 59.9. The van der Waals surface area contributed by atoms with Crippen molar-refractivity contribution in [1.82, 2.24) is 0 Å². The second kappa shape index (κ2) is 69.8. The number of hydrogen-bond donors (Lipinski definition) is 0. The van der Waals surface area contributed by atoms with Crippen LogP contribution in [0.2, 0.25) is 0 Å². The first-order valence-corrected chi connectivity index (χ1v) is 34.3. The molecule has 0 saturated carbocycles. The van der Waals surface area contributed by atoms with Gasteiger partial charge in [-0.25, -0.2) is 0 Å². The number of carbonyl (C=O) groups excluding carboxylic acids is 3. The summed E-state index contributed by atoms with van der Waals surface area (Å²) in [5.41, 5.74) is 0. The molecule has 470 valence electrons. The van der Waals surface area contributed by atoms with Crippen LogP contribution in [0, 0.1) is 0 Å². The quantitative estimate of drug-likeness (QED) is 0.0261. The zero-order valence-electron chi connectivity index (χ0n) is 53.9. The summed E-state index contributed by atoms with van der Waals surface area (Å²) in [7, 11) is 0. The highest BCUT2D eigenvalue weighted by atomic mass is 16.6. The van der Waals surface area contributed by atoms with Crippen molar-refractivity contribution < 1.29 is 28.6 Å². The predicted molar refractivity (Wildman–Crippen MR) is 362 cm³/mol. The first kappa shape index (κ1) is 78.3. The van der Waals surface area contributed by atoms with E-state index in [1.54, 1.807) is 0 Å². The Bertz CT molecular complexity index is 1800. The highest BCUT2D eigenvalue weighted by Crippen LogP contribution is 2.16. The molecule has 0 fully saturated rings. The van der Waals surface area contributed by atoms with Crippen molar-refractivity contribution in [3.63, 3.8) is 0 Å². The summed E-state index contributed by atoms with van der Waals surface area (Å²) < 4.78 is 16.9. The number of hydrogen-bond acceptors (Lipinski definition) is 6. The highest BCUT2D eigenvalue weighted by Gasteiger charge is 2.19. The maximum Gasteiger partial charge on any atom is 0.306 e. The highest BCUT2D eigenvalue weighted by molar-refractivity contribution is 5.71. The number of esters is 3. The van der Waals surface area contributed by atoms with Crippen LogP contribution in [0.5, 0.6) is 0 Å². The Morgan fingerprint density at radius 3 is 0.783 bits per heavy atom. The molecule has 6 heteroatoms. The number of ether oxygens (including phenoxy) is 3. The van der Waals surface area contributed by atoms with Crippen molar-refractivity contribution in [3.8, 4) is 0 Å². The van der Waals surface area contributed by atoms with Gasteiger partial charge in [-0.1, -0.05) is 301 Å². The molecule has 83 heavy (non-hydrogen) atoms. The van der Waals surface area contributed by atoms with E-state index in [4.69, 9.17) is 14.2 Å². The van der Waals surface area contributed by atoms with Gasteiger partial charge in [0.2, 0.25) is 0 Å². The van der Waals surface area contributed by atoms with E-state index in [1.165, 1.54) is 148 Å². The van der Waals surface area contributed by atoms with Crippen molar-refractivity contribution in [3.05, 3.63) is 146 Å². The number of rotatable bonds is 61. The van der Waals surface area contributed by atoms with E-state index in [1.807, 2.05) is 6.08 Å². The molecule has 0 rings (SSSR count). The van der Waals surface area contributed by atoms with Crippen molar-refractivity contribution >= 4 is 17.9 Å². The van der Waals surface area contributed by atoms with E-state index in [9.17, 15) is 14.4 Å². The van der Waals surface area contributed by atoms with Crippen LogP contribution in [0.25, 0.3) is 0 Å². The summed E-state index contributed by atoms with van der Waals surface area (Å²) in [6.07, 6.45) is 100. The topological polar surface area (TPSA) is 78.9 Å². The van der Waals surface area contributed by atoms with Crippen LogP contribution >= 0.6 is 0 Å². The van der Waals surface area contributed by atoms with E-state index in [0.29, 0.717) is 19.3 Å². The summed E-state index contributed by atoms with van der Waals surface area (Å²) in [4.78, 5) is 38.4. The largest absolute Gasteiger partial charge is 0.462 e. The lowest BCUT2D eigenvalue weighted by molar-refractivity contribution is -0.166. The van der Waals surface area contributed by atoms with Gasteiger partial charge in [0, 0.05) is 19.3 Å². The molecule has 0 aliphatic carbocycles. The molecule has 0 aromatic carbocycles. The molecule has 0 saturated heterocycles. The third kappa shape index (κ3) is 68.0. The van der Waals surface area contributed by atoms with Gasteiger partial charge in [0.15, 0.2) is 6.10 Å². The van der Waals surface area contributed by atoms with Gasteiger partial charge >= 0.3 is 17.9 Å². The van der Waals surface area contributed by atoms with Gasteiger partial charge in [0.25, 0.3) is 0 Å². The summed E-state index contributed by atoms with van der Waals surface area (Å²) in [5.74, 6) is -0.997. The minimum atomic E-state index is -0.828. The van der Waals surface area contributed by atoms with Crippen molar-refractivity contribution in [2.45, 2.75) is 309 Å². The van der Waals surface area contributed by atoms with Gasteiger partial charge in [-0.05, 0) is 128 Å². The fourth-order valence-corrected chi connectivity index (χ4v) is 9.26. The number of allylic oxidation sites excluding steroid dienone is 24. The Morgan fingerprint density at radius 1 is 0.253 bits per heavy atom. The first-order valence-electron chi connectivity index (χ1n) is 34.3. The van der Waals surface area contributed by atoms with Crippen molar-refractivity contribution in [2.24, 2.45) is 0 Å². The van der Waals surface area contributed by atoms with E-state index in [-0.39, 0.29) is 31.6 Å². The molecule has 0 N–H and O–H groups in total. The van der Waals surface area contributed by atoms with Crippen molar-refractivity contribution in [1.29, 1.82) is 0 Å². The van der Waals surface area contributed by atoms with Crippen LogP contribution < -0.4 is 0 Å². The van der Waals surface area contributed by atoms with Crippen LogP contribution in [-0.4, -0.2) is 37.2 Å². The van der Waals surface area contributed by atoms with E-state index < -0.39 is 12.1 Å². The normalized spacial score (nSPS) is 13.0. The van der Waals surface area contributed by atoms with Crippen LogP contribution in [0.4, 0.5) is 0 Å². The average molecular weight is 1150 g/mol. The predicted octanol–water partition coefficient (Wildman–Crippen LogP) is 23.9.